The number of benzene rings is 1. The lowest BCUT2D eigenvalue weighted by Gasteiger charge is -2.32. The third kappa shape index (κ3) is 6.01. The molecular weight excluding hydrogens is 366 g/mol. The number of carbonyl (C=O) groups excluding carboxylic acids is 1. The Morgan fingerprint density at radius 3 is 2.50 bits per heavy atom. The van der Waals surface area contributed by atoms with E-state index < -0.39 is 0 Å². The van der Waals surface area contributed by atoms with Crippen LogP contribution in [0.3, 0.4) is 0 Å². The van der Waals surface area contributed by atoms with E-state index in [1.165, 1.54) is 10.5 Å². The zero-order valence-corrected chi connectivity index (χ0v) is 16.4. The molecule has 0 saturated carbocycles. The standard InChI is InChI=1S/C20H24ClN3OS/c21-18-3-5-19(6-4-18)26-15-1-2-20(25)24-13-11-23(12-14-24)16-17-7-9-22-10-8-17/h3-10H,1-2,11-16H2/p+1. The van der Waals surface area contributed by atoms with E-state index in [0.29, 0.717) is 12.3 Å². The summed E-state index contributed by atoms with van der Waals surface area (Å²) in [6.45, 7) is 4.79. The lowest BCUT2D eigenvalue weighted by atomic mass is 10.2. The Bertz CT molecular complexity index is 688. The summed E-state index contributed by atoms with van der Waals surface area (Å²) < 4.78 is 0. The first-order valence-electron chi connectivity index (χ1n) is 9.09. The maximum absolute atomic E-state index is 12.4. The number of aromatic nitrogens is 1. The molecule has 0 radical (unpaired) electrons. The molecule has 1 aliphatic rings. The van der Waals surface area contributed by atoms with Crippen molar-refractivity contribution < 1.29 is 9.69 Å². The highest BCUT2D eigenvalue weighted by Gasteiger charge is 2.23. The maximum atomic E-state index is 12.4. The number of piperazine rings is 1. The average Bonchev–Trinajstić information content (AvgIpc) is 2.68. The van der Waals surface area contributed by atoms with Crippen LogP contribution < -0.4 is 4.90 Å². The smallest absolute Gasteiger partial charge is 0.223 e. The number of amides is 1. The van der Waals surface area contributed by atoms with Crippen LogP contribution in [0.1, 0.15) is 18.4 Å². The van der Waals surface area contributed by atoms with Gasteiger partial charge in [0.05, 0.1) is 26.2 Å². The monoisotopic (exact) mass is 390 g/mol. The summed E-state index contributed by atoms with van der Waals surface area (Å²) in [5, 5.41) is 0.759. The Morgan fingerprint density at radius 1 is 1.12 bits per heavy atom. The summed E-state index contributed by atoms with van der Waals surface area (Å²) >= 11 is 7.67. The predicted molar refractivity (Wildman–Crippen MR) is 107 cm³/mol. The fourth-order valence-corrected chi connectivity index (χ4v) is 4.12. The Hall–Kier alpha value is -1.56. The first-order valence-corrected chi connectivity index (χ1v) is 10.5. The van der Waals surface area contributed by atoms with Gasteiger partial charge in [0.15, 0.2) is 0 Å². The van der Waals surface area contributed by atoms with Crippen LogP contribution in [0.4, 0.5) is 0 Å². The number of thioether (sulfide) groups is 1. The molecule has 2 aromatic rings. The third-order valence-corrected chi connectivity index (χ3v) is 5.99. The van der Waals surface area contributed by atoms with Gasteiger partial charge in [0.2, 0.25) is 5.91 Å². The molecule has 0 aliphatic carbocycles. The molecule has 26 heavy (non-hydrogen) atoms. The van der Waals surface area contributed by atoms with E-state index in [2.05, 4.69) is 17.1 Å². The first kappa shape index (κ1) is 19.2. The second-order valence-electron chi connectivity index (χ2n) is 6.57. The number of halogens is 1. The summed E-state index contributed by atoms with van der Waals surface area (Å²) in [6.07, 6.45) is 5.24. The van der Waals surface area contributed by atoms with Crippen molar-refractivity contribution in [3.05, 3.63) is 59.4 Å². The van der Waals surface area contributed by atoms with E-state index in [-0.39, 0.29) is 0 Å². The number of rotatable bonds is 7. The van der Waals surface area contributed by atoms with Crippen molar-refractivity contribution in [2.75, 3.05) is 31.9 Å². The largest absolute Gasteiger partial charge is 0.331 e. The minimum atomic E-state index is 0.296. The van der Waals surface area contributed by atoms with E-state index in [0.717, 1.165) is 49.9 Å². The molecule has 1 aromatic carbocycles. The van der Waals surface area contributed by atoms with Crippen LogP contribution in [0.5, 0.6) is 0 Å². The second kappa shape index (κ2) is 9.95. The Labute approximate surface area is 164 Å². The SMILES string of the molecule is O=C(CCCSc1ccc(Cl)cc1)N1CC[NH+](Cc2ccncc2)CC1. The number of hydrogen-bond donors (Lipinski definition) is 1. The van der Waals surface area contributed by atoms with Gasteiger partial charge in [-0.25, -0.2) is 0 Å². The van der Waals surface area contributed by atoms with Gasteiger partial charge in [0.1, 0.15) is 6.54 Å². The van der Waals surface area contributed by atoms with Crippen molar-refractivity contribution in [1.82, 2.24) is 9.88 Å². The molecule has 1 amide bonds. The molecule has 0 atom stereocenters. The molecule has 2 heterocycles. The first-order chi connectivity index (χ1) is 12.7. The van der Waals surface area contributed by atoms with Crippen molar-refractivity contribution in [3.63, 3.8) is 0 Å². The van der Waals surface area contributed by atoms with Gasteiger partial charge in [-0.15, -0.1) is 11.8 Å². The lowest BCUT2D eigenvalue weighted by Crippen LogP contribution is -3.13. The van der Waals surface area contributed by atoms with Gasteiger partial charge >= 0.3 is 0 Å². The molecule has 3 rings (SSSR count). The fourth-order valence-electron chi connectivity index (χ4n) is 3.14. The van der Waals surface area contributed by atoms with Gasteiger partial charge in [0, 0.05) is 34.3 Å². The van der Waals surface area contributed by atoms with Crippen LogP contribution in [-0.2, 0) is 11.3 Å². The normalized spacial score (nSPS) is 15.2. The van der Waals surface area contributed by atoms with E-state index >= 15 is 0 Å². The molecule has 1 fully saturated rings. The van der Waals surface area contributed by atoms with Crippen molar-refractivity contribution in [2.24, 2.45) is 0 Å². The highest BCUT2D eigenvalue weighted by molar-refractivity contribution is 7.99. The summed E-state index contributed by atoms with van der Waals surface area (Å²) in [7, 11) is 0. The van der Waals surface area contributed by atoms with Crippen LogP contribution in [0.2, 0.25) is 5.02 Å². The zero-order valence-electron chi connectivity index (χ0n) is 14.9. The molecule has 0 bridgehead atoms. The van der Waals surface area contributed by atoms with Gasteiger partial charge in [-0.3, -0.25) is 9.78 Å². The van der Waals surface area contributed by atoms with Crippen LogP contribution in [-0.4, -0.2) is 47.7 Å². The molecule has 1 aromatic heterocycles. The fraction of sp³-hybridized carbons (Fsp3) is 0.400. The van der Waals surface area contributed by atoms with Crippen molar-refractivity contribution >= 4 is 29.3 Å². The van der Waals surface area contributed by atoms with Crippen LogP contribution in [0, 0.1) is 0 Å². The molecular formula is C20H25ClN3OS+. The quantitative estimate of drug-likeness (QED) is 0.583. The molecule has 1 N–H and O–H groups in total. The number of quaternary nitrogens is 1. The predicted octanol–water partition coefficient (Wildman–Crippen LogP) is 2.53. The summed E-state index contributed by atoms with van der Waals surface area (Å²) in [5.41, 5.74) is 1.31. The van der Waals surface area contributed by atoms with E-state index in [1.807, 2.05) is 41.6 Å². The molecule has 6 heteroatoms. The molecule has 0 unspecified atom stereocenters. The Morgan fingerprint density at radius 2 is 1.81 bits per heavy atom. The number of nitrogens with zero attached hydrogens (tertiary/aromatic N) is 2. The van der Waals surface area contributed by atoms with Crippen LogP contribution >= 0.6 is 23.4 Å². The average molecular weight is 391 g/mol. The molecule has 138 valence electrons. The Balaban J connectivity index is 1.32. The van der Waals surface area contributed by atoms with E-state index in [9.17, 15) is 4.79 Å². The number of pyridine rings is 1. The van der Waals surface area contributed by atoms with Crippen LogP contribution in [0.25, 0.3) is 0 Å². The molecule has 0 spiro atoms. The minimum absolute atomic E-state index is 0.296. The van der Waals surface area contributed by atoms with E-state index in [4.69, 9.17) is 11.6 Å². The van der Waals surface area contributed by atoms with Gasteiger partial charge in [-0.05, 0) is 48.6 Å². The maximum Gasteiger partial charge on any atom is 0.223 e. The summed E-state index contributed by atoms with van der Waals surface area (Å²) in [6, 6.07) is 12.0. The van der Waals surface area contributed by atoms with Gasteiger partial charge in [-0.2, -0.15) is 0 Å². The molecule has 1 saturated heterocycles. The van der Waals surface area contributed by atoms with Gasteiger partial charge < -0.3 is 9.80 Å². The Kier molecular flexibility index (Phi) is 7.35. The minimum Gasteiger partial charge on any atom is -0.331 e. The van der Waals surface area contributed by atoms with Crippen LogP contribution in [0.15, 0.2) is 53.7 Å². The summed E-state index contributed by atoms with van der Waals surface area (Å²) in [4.78, 5) is 21.2. The van der Waals surface area contributed by atoms with Crippen molar-refractivity contribution in [3.8, 4) is 0 Å². The highest BCUT2D eigenvalue weighted by atomic mass is 35.5. The topological polar surface area (TPSA) is 37.6 Å². The number of carbonyl (C=O) groups is 1. The lowest BCUT2D eigenvalue weighted by molar-refractivity contribution is -0.917. The van der Waals surface area contributed by atoms with E-state index in [1.54, 1.807) is 16.7 Å². The van der Waals surface area contributed by atoms with Gasteiger partial charge in [-0.1, -0.05) is 11.6 Å². The number of hydrogen-bond acceptors (Lipinski definition) is 3. The molecule has 1 aliphatic heterocycles. The second-order valence-corrected chi connectivity index (χ2v) is 8.17. The third-order valence-electron chi connectivity index (χ3n) is 4.64. The van der Waals surface area contributed by atoms with Crippen molar-refractivity contribution in [1.29, 1.82) is 0 Å². The van der Waals surface area contributed by atoms with Gasteiger partial charge in [0.25, 0.3) is 0 Å². The highest BCUT2D eigenvalue weighted by Crippen LogP contribution is 2.21. The molecule has 4 nitrogen and oxygen atoms in total. The zero-order chi connectivity index (χ0) is 18.2. The number of nitrogens with one attached hydrogen (secondary N) is 1. The van der Waals surface area contributed by atoms with Crippen molar-refractivity contribution in [2.45, 2.75) is 24.3 Å². The summed E-state index contributed by atoms with van der Waals surface area (Å²) in [5.74, 6) is 1.25.